The summed E-state index contributed by atoms with van der Waals surface area (Å²) in [4.78, 5) is 6.27. The number of halogens is 2. The molecule has 1 saturated carbocycles. The molecule has 1 saturated heterocycles. The Morgan fingerprint density at radius 3 is 2.52 bits per heavy atom. The average Bonchev–Trinajstić information content (AvgIpc) is 3.15. The smallest absolute Gasteiger partial charge is 0.167 e. The van der Waals surface area contributed by atoms with Crippen molar-refractivity contribution < 1.29 is 23.7 Å². The van der Waals surface area contributed by atoms with Crippen LogP contribution in [0.4, 0.5) is 8.78 Å². The SMILES string of the molecule is Oc1ccc(C(O)CN2C[C@H]3CC(Oc4ccc(F)cc4F)C[C@H]3C2)nc1. The van der Waals surface area contributed by atoms with Crippen LogP contribution in [0.3, 0.4) is 0 Å². The van der Waals surface area contributed by atoms with Crippen molar-refractivity contribution in [2.24, 2.45) is 11.8 Å². The number of fused-ring (bicyclic) bond motifs is 1. The molecule has 2 aliphatic rings. The standard InChI is InChI=1S/C20H22F2N2O3/c21-14-1-4-20(17(22)7-14)27-16-5-12-9-24(10-13(12)6-16)11-19(26)18-3-2-15(25)8-23-18/h1-4,7-8,12-13,16,19,25-26H,5-6,9-11H2/t12-,13+,16?,19?. The molecule has 2 fully saturated rings. The third kappa shape index (κ3) is 4.04. The summed E-state index contributed by atoms with van der Waals surface area (Å²) in [6.45, 7) is 2.19. The molecular formula is C20H22F2N2O3. The quantitative estimate of drug-likeness (QED) is 0.840. The van der Waals surface area contributed by atoms with Crippen molar-refractivity contribution in [2.75, 3.05) is 19.6 Å². The number of likely N-dealkylation sites (tertiary alicyclic amines) is 1. The highest BCUT2D eigenvalue weighted by atomic mass is 19.1. The molecule has 2 heterocycles. The fraction of sp³-hybridized carbons (Fsp3) is 0.450. The first-order valence-corrected chi connectivity index (χ1v) is 9.15. The molecule has 2 aromatic rings. The number of ether oxygens (including phenoxy) is 1. The fourth-order valence-corrected chi connectivity index (χ4v) is 4.27. The van der Waals surface area contributed by atoms with Crippen LogP contribution in [0.1, 0.15) is 24.6 Å². The summed E-state index contributed by atoms with van der Waals surface area (Å²) in [7, 11) is 0. The van der Waals surface area contributed by atoms with E-state index in [0.29, 0.717) is 24.1 Å². The van der Waals surface area contributed by atoms with Crippen LogP contribution < -0.4 is 4.74 Å². The van der Waals surface area contributed by atoms with Crippen LogP contribution in [-0.2, 0) is 0 Å². The van der Waals surface area contributed by atoms with Gasteiger partial charge in [0.2, 0.25) is 0 Å². The minimum Gasteiger partial charge on any atom is -0.506 e. The molecule has 7 heteroatoms. The molecule has 1 aliphatic heterocycles. The highest BCUT2D eigenvalue weighted by Gasteiger charge is 2.42. The monoisotopic (exact) mass is 376 g/mol. The Bertz CT molecular complexity index is 788. The summed E-state index contributed by atoms with van der Waals surface area (Å²) in [5.74, 6) is -0.215. The first-order chi connectivity index (χ1) is 13.0. The van der Waals surface area contributed by atoms with E-state index in [4.69, 9.17) is 4.74 Å². The van der Waals surface area contributed by atoms with Gasteiger partial charge in [0.05, 0.1) is 18.0 Å². The lowest BCUT2D eigenvalue weighted by Gasteiger charge is -2.22. The molecule has 5 nitrogen and oxygen atoms in total. The molecule has 0 bridgehead atoms. The normalized spacial score (nSPS) is 26.1. The molecule has 27 heavy (non-hydrogen) atoms. The van der Waals surface area contributed by atoms with Gasteiger partial charge in [-0.1, -0.05) is 0 Å². The Labute approximate surface area is 156 Å². The summed E-state index contributed by atoms with van der Waals surface area (Å²) in [5.41, 5.74) is 0.540. The van der Waals surface area contributed by atoms with E-state index >= 15 is 0 Å². The van der Waals surface area contributed by atoms with Crippen LogP contribution in [0.25, 0.3) is 0 Å². The van der Waals surface area contributed by atoms with E-state index in [2.05, 4.69) is 9.88 Å². The number of aromatic nitrogens is 1. The Balaban J connectivity index is 1.29. The van der Waals surface area contributed by atoms with Gasteiger partial charge in [0.15, 0.2) is 11.6 Å². The number of β-amino-alcohol motifs (C(OH)–C–C–N with tert-alkyl or cyclic N) is 1. The number of hydrogen-bond donors (Lipinski definition) is 2. The fourth-order valence-electron chi connectivity index (χ4n) is 4.27. The van der Waals surface area contributed by atoms with E-state index in [9.17, 15) is 19.0 Å². The van der Waals surface area contributed by atoms with Crippen molar-refractivity contribution in [3.8, 4) is 11.5 Å². The van der Waals surface area contributed by atoms with Crippen LogP contribution in [-0.4, -0.2) is 45.8 Å². The number of aliphatic hydroxyl groups excluding tert-OH is 1. The summed E-state index contributed by atoms with van der Waals surface area (Å²) in [6, 6.07) is 6.52. The van der Waals surface area contributed by atoms with Gasteiger partial charge >= 0.3 is 0 Å². The zero-order valence-electron chi connectivity index (χ0n) is 14.8. The largest absolute Gasteiger partial charge is 0.506 e. The maximum absolute atomic E-state index is 13.8. The first kappa shape index (κ1) is 18.1. The number of aliphatic hydroxyl groups is 1. The lowest BCUT2D eigenvalue weighted by Crippen LogP contribution is -2.29. The van der Waals surface area contributed by atoms with Crippen molar-refractivity contribution in [3.63, 3.8) is 0 Å². The second-order valence-corrected chi connectivity index (χ2v) is 7.48. The van der Waals surface area contributed by atoms with Gasteiger partial charge < -0.3 is 14.9 Å². The maximum atomic E-state index is 13.8. The molecule has 0 radical (unpaired) electrons. The lowest BCUT2D eigenvalue weighted by atomic mass is 10.0. The Kier molecular flexibility index (Phi) is 4.97. The van der Waals surface area contributed by atoms with Crippen molar-refractivity contribution >= 4 is 0 Å². The maximum Gasteiger partial charge on any atom is 0.167 e. The van der Waals surface area contributed by atoms with Crippen LogP contribution in [0.15, 0.2) is 36.5 Å². The highest BCUT2D eigenvalue weighted by Crippen LogP contribution is 2.40. The lowest BCUT2D eigenvalue weighted by molar-refractivity contribution is 0.112. The Hall–Kier alpha value is -2.25. The molecule has 1 aliphatic carbocycles. The Morgan fingerprint density at radius 2 is 1.89 bits per heavy atom. The van der Waals surface area contributed by atoms with Gasteiger partial charge in [-0.2, -0.15) is 0 Å². The van der Waals surface area contributed by atoms with Gasteiger partial charge in [-0.25, -0.2) is 8.78 Å². The summed E-state index contributed by atoms with van der Waals surface area (Å²) < 4.78 is 32.5. The minimum absolute atomic E-state index is 0.0641. The van der Waals surface area contributed by atoms with Gasteiger partial charge in [0.1, 0.15) is 17.7 Å². The van der Waals surface area contributed by atoms with Crippen LogP contribution in [0, 0.1) is 23.5 Å². The van der Waals surface area contributed by atoms with E-state index in [-0.39, 0.29) is 17.6 Å². The first-order valence-electron chi connectivity index (χ1n) is 9.15. The predicted octanol–water partition coefficient (Wildman–Crippen LogP) is 2.89. The molecule has 0 spiro atoms. The molecular weight excluding hydrogens is 354 g/mol. The summed E-state index contributed by atoms with van der Waals surface area (Å²) in [6.07, 6.45) is 2.21. The third-order valence-electron chi connectivity index (χ3n) is 5.51. The van der Waals surface area contributed by atoms with Crippen molar-refractivity contribution in [1.82, 2.24) is 9.88 Å². The summed E-state index contributed by atoms with van der Waals surface area (Å²) >= 11 is 0. The van der Waals surface area contributed by atoms with Crippen LogP contribution >= 0.6 is 0 Å². The minimum atomic E-state index is -0.704. The molecule has 2 unspecified atom stereocenters. The predicted molar refractivity (Wildman–Crippen MR) is 94.3 cm³/mol. The van der Waals surface area contributed by atoms with Gasteiger partial charge in [0, 0.05) is 25.7 Å². The number of benzene rings is 1. The molecule has 4 rings (SSSR count). The van der Waals surface area contributed by atoms with E-state index in [0.717, 1.165) is 32.0 Å². The molecule has 4 atom stereocenters. The number of aromatic hydroxyl groups is 1. The third-order valence-corrected chi connectivity index (χ3v) is 5.51. The van der Waals surface area contributed by atoms with E-state index in [1.54, 1.807) is 6.07 Å². The van der Waals surface area contributed by atoms with Gasteiger partial charge in [-0.05, 0) is 48.9 Å². The molecule has 1 aromatic heterocycles. The zero-order valence-corrected chi connectivity index (χ0v) is 14.8. The Morgan fingerprint density at radius 1 is 1.15 bits per heavy atom. The molecule has 2 N–H and O–H groups in total. The van der Waals surface area contributed by atoms with E-state index in [1.165, 1.54) is 24.4 Å². The molecule has 1 aromatic carbocycles. The second-order valence-electron chi connectivity index (χ2n) is 7.48. The summed E-state index contributed by atoms with van der Waals surface area (Å²) in [5, 5.41) is 19.6. The average molecular weight is 376 g/mol. The van der Waals surface area contributed by atoms with Gasteiger partial charge in [-0.15, -0.1) is 0 Å². The van der Waals surface area contributed by atoms with Crippen LogP contribution in [0.5, 0.6) is 11.5 Å². The van der Waals surface area contributed by atoms with E-state index in [1.807, 2.05) is 0 Å². The van der Waals surface area contributed by atoms with Crippen LogP contribution in [0.2, 0.25) is 0 Å². The number of rotatable bonds is 5. The van der Waals surface area contributed by atoms with Gasteiger partial charge in [0.25, 0.3) is 0 Å². The van der Waals surface area contributed by atoms with Crippen molar-refractivity contribution in [2.45, 2.75) is 25.0 Å². The number of hydrogen-bond acceptors (Lipinski definition) is 5. The number of nitrogens with zero attached hydrogens (tertiary/aromatic N) is 2. The zero-order chi connectivity index (χ0) is 19.0. The number of pyridine rings is 1. The molecule has 144 valence electrons. The van der Waals surface area contributed by atoms with Gasteiger partial charge in [-0.3, -0.25) is 9.88 Å². The second kappa shape index (κ2) is 7.40. The molecule has 0 amide bonds. The van der Waals surface area contributed by atoms with E-state index < -0.39 is 17.7 Å². The topological polar surface area (TPSA) is 65.8 Å². The van der Waals surface area contributed by atoms with Crippen molar-refractivity contribution in [1.29, 1.82) is 0 Å². The highest BCUT2D eigenvalue weighted by molar-refractivity contribution is 5.25. The van der Waals surface area contributed by atoms with Crippen molar-refractivity contribution in [3.05, 3.63) is 53.9 Å².